The van der Waals surface area contributed by atoms with E-state index < -0.39 is 0 Å². The van der Waals surface area contributed by atoms with Gasteiger partial charge in [0.05, 0.1) is 17.1 Å². The molecule has 1 unspecified atom stereocenters. The minimum Gasteiger partial charge on any atom is -0.405 e. The molecule has 2 saturated carbocycles. The molecule has 0 bridgehead atoms. The molecule has 4 aliphatic carbocycles. The predicted molar refractivity (Wildman–Crippen MR) is 261 cm³/mol. The van der Waals surface area contributed by atoms with Gasteiger partial charge in [-0.2, -0.15) is 0 Å². The third-order valence-electron chi connectivity index (χ3n) is 13.5. The lowest BCUT2D eigenvalue weighted by atomic mass is 9.80. The molecule has 1 atom stereocenters. The van der Waals surface area contributed by atoms with Gasteiger partial charge in [0.15, 0.2) is 0 Å². The summed E-state index contributed by atoms with van der Waals surface area (Å²) in [7, 11) is 0. The number of nitrogens with two attached hydrogens (primary N) is 3. The molecule has 2 aromatic heterocycles. The maximum Gasteiger partial charge on any atom is 0.0709 e. The number of pyridine rings is 1. The van der Waals surface area contributed by atoms with E-state index in [0.29, 0.717) is 24.3 Å². The van der Waals surface area contributed by atoms with E-state index in [2.05, 4.69) is 121 Å². The van der Waals surface area contributed by atoms with Crippen LogP contribution in [0.25, 0.3) is 39.9 Å². The number of para-hydroxylation sites is 1. The van der Waals surface area contributed by atoms with Gasteiger partial charge in [0.2, 0.25) is 0 Å². The van der Waals surface area contributed by atoms with Crippen LogP contribution < -0.4 is 17.2 Å². The van der Waals surface area contributed by atoms with Gasteiger partial charge in [-0.1, -0.05) is 126 Å². The van der Waals surface area contributed by atoms with Crippen LogP contribution in [0, 0.1) is 17.8 Å². The fraction of sp³-hybridized carbons (Fsp3) is 0.375. The fourth-order valence-electron chi connectivity index (χ4n) is 10.5. The largest absolute Gasteiger partial charge is 0.405 e. The Kier molecular flexibility index (Phi) is 15.0. The van der Waals surface area contributed by atoms with E-state index >= 15 is 0 Å². The zero-order valence-corrected chi connectivity index (χ0v) is 37.1. The summed E-state index contributed by atoms with van der Waals surface area (Å²) in [6, 6.07) is 24.4. The molecule has 0 aliphatic heterocycles. The molecule has 4 aliphatic rings. The predicted octanol–water partition coefficient (Wildman–Crippen LogP) is 13.2. The Morgan fingerprint density at radius 2 is 1.62 bits per heavy atom. The highest BCUT2D eigenvalue weighted by Crippen LogP contribution is 2.45. The van der Waals surface area contributed by atoms with Gasteiger partial charge in [-0.25, -0.2) is 4.98 Å². The van der Waals surface area contributed by atoms with Crippen LogP contribution in [0.15, 0.2) is 138 Å². The number of aromatic nitrogens is 2. The third kappa shape index (κ3) is 9.73. The van der Waals surface area contributed by atoms with Crippen molar-refractivity contribution in [1.82, 2.24) is 9.55 Å². The van der Waals surface area contributed by atoms with E-state index in [0.717, 1.165) is 48.3 Å². The lowest BCUT2D eigenvalue weighted by Gasteiger charge is -2.26. The molecule has 5 heteroatoms. The van der Waals surface area contributed by atoms with Crippen LogP contribution in [0.5, 0.6) is 0 Å². The molecule has 8 rings (SSSR count). The number of allylic oxidation sites excluding steroid dienone is 8. The van der Waals surface area contributed by atoms with Crippen LogP contribution in [0.3, 0.4) is 0 Å². The van der Waals surface area contributed by atoms with Gasteiger partial charge in [-0.05, 0) is 164 Å². The molecule has 318 valence electrons. The zero-order valence-electron chi connectivity index (χ0n) is 37.1. The van der Waals surface area contributed by atoms with E-state index in [1.807, 2.05) is 19.9 Å². The highest BCUT2D eigenvalue weighted by molar-refractivity contribution is 5.82. The number of rotatable bonds is 12. The molecule has 0 radical (unpaired) electrons. The number of nitrogens with zero attached hydrogens (tertiary/aromatic N) is 2. The van der Waals surface area contributed by atoms with E-state index in [-0.39, 0.29) is 0 Å². The Hall–Kier alpha value is -5.39. The van der Waals surface area contributed by atoms with Crippen LogP contribution in [0.1, 0.15) is 119 Å². The third-order valence-corrected chi connectivity index (χ3v) is 13.5. The second-order valence-electron chi connectivity index (χ2n) is 17.2. The molecule has 5 nitrogen and oxygen atoms in total. The molecular weight excluding hydrogens is 743 g/mol. The average molecular weight is 812 g/mol. The number of hydrogen-bond donors (Lipinski definition) is 3. The van der Waals surface area contributed by atoms with Gasteiger partial charge >= 0.3 is 0 Å². The fourth-order valence-corrected chi connectivity index (χ4v) is 10.5. The van der Waals surface area contributed by atoms with Gasteiger partial charge in [0, 0.05) is 34.8 Å². The summed E-state index contributed by atoms with van der Waals surface area (Å²) in [5.41, 5.74) is 36.9. The summed E-state index contributed by atoms with van der Waals surface area (Å²) in [4.78, 5) is 5.27. The first-order chi connectivity index (χ1) is 29.9. The van der Waals surface area contributed by atoms with Crippen molar-refractivity contribution in [2.45, 2.75) is 111 Å². The van der Waals surface area contributed by atoms with Crippen molar-refractivity contribution in [3.8, 4) is 28.2 Å². The van der Waals surface area contributed by atoms with Crippen molar-refractivity contribution in [2.75, 3.05) is 6.54 Å². The molecule has 61 heavy (non-hydrogen) atoms. The van der Waals surface area contributed by atoms with Gasteiger partial charge < -0.3 is 21.8 Å². The highest BCUT2D eigenvalue weighted by Gasteiger charge is 2.31. The number of benzene rings is 2. The second kappa shape index (κ2) is 20.9. The quantitative estimate of drug-likeness (QED) is 0.124. The Labute approximate surface area is 366 Å². The van der Waals surface area contributed by atoms with Gasteiger partial charge in [0.25, 0.3) is 0 Å². The van der Waals surface area contributed by atoms with Crippen molar-refractivity contribution in [3.05, 3.63) is 166 Å². The first kappa shape index (κ1) is 43.7. The standard InChI is InChI=1S/C54H63N5.C2H6/c1-37(45(31-33-55)40-16-6-3-7-17-40)50(57)22-13-12-15-39-25-28-48-49-30-26-42-36-43(27-29-47(42)54(49)59(53(48)35-39)44-20-10-5-11-21-44)52-24-14-23-51(58-52)38(2)46(32-34-56)41-18-8-4-9-19-41;1-2/h5,10-14,20-25,27-29,31-32,34,36,39-41H,1,3-4,6-9,15-19,26,30,33,35,55-57H2,2H3;1-2H3/b13-12-,34-32-,45-31+,46-38-,50-22-;. The number of fused-ring (bicyclic) bond motifs is 5. The molecule has 6 N–H and O–H groups in total. The summed E-state index contributed by atoms with van der Waals surface area (Å²) in [5, 5.41) is 0. The molecule has 4 aromatic rings. The average Bonchev–Trinajstić information content (AvgIpc) is 3.66. The minimum absolute atomic E-state index is 0.391. The van der Waals surface area contributed by atoms with Gasteiger partial charge in [-0.3, -0.25) is 0 Å². The van der Waals surface area contributed by atoms with Gasteiger partial charge in [0.1, 0.15) is 0 Å². The summed E-state index contributed by atoms with van der Waals surface area (Å²) < 4.78 is 2.56. The maximum atomic E-state index is 6.62. The van der Waals surface area contributed by atoms with Crippen LogP contribution >= 0.6 is 0 Å². The van der Waals surface area contributed by atoms with E-state index in [9.17, 15) is 0 Å². The lowest BCUT2D eigenvalue weighted by molar-refractivity contribution is 0.405. The Morgan fingerprint density at radius 3 is 2.34 bits per heavy atom. The van der Waals surface area contributed by atoms with E-state index in [1.54, 1.807) is 6.20 Å². The summed E-state index contributed by atoms with van der Waals surface area (Å²) in [6.45, 7) is 11.1. The van der Waals surface area contributed by atoms with Crippen molar-refractivity contribution >= 4 is 11.6 Å². The van der Waals surface area contributed by atoms with Crippen molar-refractivity contribution in [3.63, 3.8) is 0 Å². The van der Waals surface area contributed by atoms with Crippen molar-refractivity contribution < 1.29 is 0 Å². The summed E-state index contributed by atoms with van der Waals surface area (Å²) in [6.07, 6.45) is 33.8. The van der Waals surface area contributed by atoms with Crippen LogP contribution in [0.4, 0.5) is 0 Å². The SMILES string of the molecule is C=C(/C(N)=C/C=C\CC1C=Cc2c3c(n(-c4ccccc4)c2C1)-c1ccc(-c2cccc(/C(C)=C(/C=C\N)C4CCCCC4)n2)cc1CC3)/C(=C\CN)C1CCCCC1.CC. The van der Waals surface area contributed by atoms with E-state index in [4.69, 9.17) is 22.2 Å². The molecule has 2 fully saturated rings. The zero-order chi connectivity index (χ0) is 42.7. The smallest absolute Gasteiger partial charge is 0.0709 e. The molecule has 2 aromatic carbocycles. The Bertz CT molecular complexity index is 2330. The Morgan fingerprint density at radius 1 is 0.885 bits per heavy atom. The van der Waals surface area contributed by atoms with Gasteiger partial charge in [-0.15, -0.1) is 0 Å². The highest BCUT2D eigenvalue weighted by atomic mass is 15.0. The molecule has 2 heterocycles. The van der Waals surface area contributed by atoms with Crippen LogP contribution in [0.2, 0.25) is 0 Å². The number of aryl methyl sites for hydroxylation is 1. The lowest BCUT2D eigenvalue weighted by Crippen LogP contribution is -2.15. The monoisotopic (exact) mass is 812 g/mol. The van der Waals surface area contributed by atoms with Crippen molar-refractivity contribution in [2.24, 2.45) is 35.0 Å². The summed E-state index contributed by atoms with van der Waals surface area (Å²) in [5.74, 6) is 1.46. The normalized spacial score (nSPS) is 18.9. The topological polar surface area (TPSA) is 95.9 Å². The number of hydrogen-bond acceptors (Lipinski definition) is 4. The van der Waals surface area contributed by atoms with Crippen LogP contribution in [-0.2, 0) is 19.3 Å². The van der Waals surface area contributed by atoms with Crippen LogP contribution in [-0.4, -0.2) is 16.1 Å². The van der Waals surface area contributed by atoms with Crippen molar-refractivity contribution in [1.29, 1.82) is 0 Å². The first-order valence-electron chi connectivity index (χ1n) is 23.4. The summed E-state index contributed by atoms with van der Waals surface area (Å²) >= 11 is 0. The first-order valence-corrected chi connectivity index (χ1v) is 23.4. The molecular formula is C56H69N5. The molecule has 0 saturated heterocycles. The van der Waals surface area contributed by atoms with E-state index in [1.165, 1.54) is 126 Å². The molecule has 0 amide bonds. The molecule has 0 spiro atoms. The maximum absolute atomic E-state index is 6.62. The Balaban J connectivity index is 0.00000277. The second-order valence-corrected chi connectivity index (χ2v) is 17.2. The minimum atomic E-state index is 0.391.